The molecule has 1 N–H and O–H groups in total. The SMILES string of the molecule is Cl.O=C(Cc1ccccc1C(F)(F)F)N1CCNCC1c1cccc(F)c1. The minimum Gasteiger partial charge on any atom is -0.333 e. The molecule has 0 radical (unpaired) electrons. The molecule has 1 aliphatic heterocycles. The van der Waals surface area contributed by atoms with E-state index in [1.165, 1.54) is 35.2 Å². The predicted octanol–water partition coefficient (Wildman–Crippen LogP) is 3.98. The molecule has 146 valence electrons. The molecule has 0 saturated carbocycles. The molecule has 1 fully saturated rings. The van der Waals surface area contributed by atoms with Gasteiger partial charge in [-0.25, -0.2) is 4.39 Å². The van der Waals surface area contributed by atoms with Crippen molar-refractivity contribution in [3.63, 3.8) is 0 Å². The van der Waals surface area contributed by atoms with Gasteiger partial charge in [0, 0.05) is 19.6 Å². The third-order valence-corrected chi connectivity index (χ3v) is 4.46. The van der Waals surface area contributed by atoms with Crippen LogP contribution in [0.15, 0.2) is 48.5 Å². The first kappa shape index (κ1) is 21.2. The average molecular weight is 403 g/mol. The fourth-order valence-corrected chi connectivity index (χ4v) is 3.23. The number of alkyl halides is 3. The molecule has 2 aromatic carbocycles. The summed E-state index contributed by atoms with van der Waals surface area (Å²) in [4.78, 5) is 14.3. The molecule has 3 nitrogen and oxygen atoms in total. The van der Waals surface area contributed by atoms with Gasteiger partial charge in [0.1, 0.15) is 5.82 Å². The monoisotopic (exact) mass is 402 g/mol. The van der Waals surface area contributed by atoms with Crippen molar-refractivity contribution in [3.8, 4) is 0 Å². The van der Waals surface area contributed by atoms with Crippen LogP contribution in [0.5, 0.6) is 0 Å². The maximum atomic E-state index is 13.5. The fraction of sp³-hybridized carbons (Fsp3) is 0.316. The zero-order chi connectivity index (χ0) is 18.7. The zero-order valence-electron chi connectivity index (χ0n) is 14.3. The molecule has 1 unspecified atom stereocenters. The fourth-order valence-electron chi connectivity index (χ4n) is 3.23. The van der Waals surface area contributed by atoms with Crippen LogP contribution in [-0.4, -0.2) is 30.4 Å². The Morgan fingerprint density at radius 1 is 1.15 bits per heavy atom. The van der Waals surface area contributed by atoms with Crippen molar-refractivity contribution in [2.24, 2.45) is 0 Å². The highest BCUT2D eigenvalue weighted by Crippen LogP contribution is 2.32. The molecule has 1 atom stereocenters. The van der Waals surface area contributed by atoms with E-state index in [-0.39, 0.29) is 24.4 Å². The van der Waals surface area contributed by atoms with E-state index >= 15 is 0 Å². The number of benzene rings is 2. The second-order valence-corrected chi connectivity index (χ2v) is 6.19. The summed E-state index contributed by atoms with van der Waals surface area (Å²) < 4.78 is 53.0. The molecular formula is C19H19ClF4N2O. The summed E-state index contributed by atoms with van der Waals surface area (Å²) in [6.07, 6.45) is -4.86. The minimum atomic E-state index is -4.51. The number of hydrogen-bond donors (Lipinski definition) is 1. The lowest BCUT2D eigenvalue weighted by molar-refractivity contribution is -0.139. The maximum absolute atomic E-state index is 13.5. The summed E-state index contributed by atoms with van der Waals surface area (Å²) in [5, 5.41) is 3.14. The van der Waals surface area contributed by atoms with E-state index in [1.807, 2.05) is 0 Å². The standard InChI is InChI=1S/C19H18F4N2O.ClH/c20-15-6-3-5-14(10-15)17-12-24-8-9-25(17)18(26)11-13-4-1-2-7-16(13)19(21,22)23;/h1-7,10,17,24H,8-9,11-12H2;1H. The molecule has 0 aromatic heterocycles. The molecule has 1 heterocycles. The Hall–Kier alpha value is -2.12. The third-order valence-electron chi connectivity index (χ3n) is 4.46. The quantitative estimate of drug-likeness (QED) is 0.788. The highest BCUT2D eigenvalue weighted by Gasteiger charge is 2.35. The molecule has 0 bridgehead atoms. The van der Waals surface area contributed by atoms with Crippen LogP contribution in [0.1, 0.15) is 22.7 Å². The Morgan fingerprint density at radius 3 is 2.59 bits per heavy atom. The number of piperazine rings is 1. The van der Waals surface area contributed by atoms with Crippen LogP contribution in [0.4, 0.5) is 17.6 Å². The van der Waals surface area contributed by atoms with Gasteiger partial charge in [-0.15, -0.1) is 12.4 Å². The minimum absolute atomic E-state index is 0. The number of carbonyl (C=O) groups is 1. The maximum Gasteiger partial charge on any atom is 0.416 e. The summed E-state index contributed by atoms with van der Waals surface area (Å²) in [6, 6.07) is 10.6. The van der Waals surface area contributed by atoms with E-state index in [4.69, 9.17) is 0 Å². The number of amides is 1. The molecule has 0 spiro atoms. The number of carbonyl (C=O) groups excluding carboxylic acids is 1. The summed E-state index contributed by atoms with van der Waals surface area (Å²) in [7, 11) is 0. The molecular weight excluding hydrogens is 384 g/mol. The van der Waals surface area contributed by atoms with E-state index in [1.54, 1.807) is 12.1 Å². The first-order valence-electron chi connectivity index (χ1n) is 8.27. The lowest BCUT2D eigenvalue weighted by Gasteiger charge is -2.37. The lowest BCUT2D eigenvalue weighted by atomic mass is 10.00. The van der Waals surface area contributed by atoms with Crippen molar-refractivity contribution in [2.45, 2.75) is 18.6 Å². The number of hydrogen-bond acceptors (Lipinski definition) is 2. The van der Waals surface area contributed by atoms with Crippen molar-refractivity contribution in [1.82, 2.24) is 10.2 Å². The molecule has 1 aliphatic rings. The highest BCUT2D eigenvalue weighted by atomic mass is 35.5. The normalized spacial score (nSPS) is 17.3. The van der Waals surface area contributed by atoms with Gasteiger partial charge >= 0.3 is 6.18 Å². The van der Waals surface area contributed by atoms with Gasteiger partial charge in [-0.1, -0.05) is 30.3 Å². The molecule has 2 aromatic rings. The van der Waals surface area contributed by atoms with Gasteiger partial charge in [0.05, 0.1) is 18.0 Å². The lowest BCUT2D eigenvalue weighted by Crippen LogP contribution is -2.49. The van der Waals surface area contributed by atoms with Crippen LogP contribution in [0.25, 0.3) is 0 Å². The Morgan fingerprint density at radius 2 is 1.89 bits per heavy atom. The smallest absolute Gasteiger partial charge is 0.333 e. The first-order valence-corrected chi connectivity index (χ1v) is 8.27. The van der Waals surface area contributed by atoms with Gasteiger partial charge in [0.25, 0.3) is 0 Å². The molecule has 1 saturated heterocycles. The summed E-state index contributed by atoms with van der Waals surface area (Å²) in [5.41, 5.74) is -0.234. The van der Waals surface area contributed by atoms with E-state index in [9.17, 15) is 22.4 Å². The van der Waals surface area contributed by atoms with Crippen LogP contribution in [-0.2, 0) is 17.4 Å². The number of halogens is 5. The summed E-state index contributed by atoms with van der Waals surface area (Å²) >= 11 is 0. The van der Waals surface area contributed by atoms with Gasteiger partial charge < -0.3 is 10.2 Å². The van der Waals surface area contributed by atoms with Crippen molar-refractivity contribution in [3.05, 3.63) is 71.0 Å². The van der Waals surface area contributed by atoms with E-state index in [0.29, 0.717) is 25.2 Å². The molecule has 27 heavy (non-hydrogen) atoms. The Bertz CT molecular complexity index is 797. The van der Waals surface area contributed by atoms with Crippen molar-refractivity contribution in [2.75, 3.05) is 19.6 Å². The highest BCUT2D eigenvalue weighted by molar-refractivity contribution is 5.85. The zero-order valence-corrected chi connectivity index (χ0v) is 15.1. The average Bonchev–Trinajstić information content (AvgIpc) is 2.61. The number of nitrogens with zero attached hydrogens (tertiary/aromatic N) is 1. The van der Waals surface area contributed by atoms with Gasteiger partial charge in [-0.3, -0.25) is 4.79 Å². The largest absolute Gasteiger partial charge is 0.416 e. The molecule has 3 rings (SSSR count). The van der Waals surface area contributed by atoms with Crippen LogP contribution in [0, 0.1) is 5.82 Å². The van der Waals surface area contributed by atoms with Gasteiger partial charge in [-0.05, 0) is 29.3 Å². The molecule has 0 aliphatic carbocycles. The van der Waals surface area contributed by atoms with Crippen molar-refractivity contribution < 1.29 is 22.4 Å². The third kappa shape index (κ3) is 4.99. The molecule has 8 heteroatoms. The van der Waals surface area contributed by atoms with Crippen LogP contribution in [0.3, 0.4) is 0 Å². The number of nitrogens with one attached hydrogen (secondary N) is 1. The van der Waals surface area contributed by atoms with Crippen molar-refractivity contribution >= 4 is 18.3 Å². The second-order valence-electron chi connectivity index (χ2n) is 6.19. The molecule has 1 amide bonds. The first-order chi connectivity index (χ1) is 12.4. The van der Waals surface area contributed by atoms with E-state index in [0.717, 1.165) is 6.07 Å². The van der Waals surface area contributed by atoms with Gasteiger partial charge in [-0.2, -0.15) is 13.2 Å². The second kappa shape index (κ2) is 8.71. The topological polar surface area (TPSA) is 32.3 Å². The van der Waals surface area contributed by atoms with Crippen LogP contribution in [0.2, 0.25) is 0 Å². The Labute approximate surface area is 160 Å². The summed E-state index contributed by atoms with van der Waals surface area (Å²) in [6.45, 7) is 1.32. The van der Waals surface area contributed by atoms with Gasteiger partial charge in [0.15, 0.2) is 0 Å². The number of rotatable bonds is 3. The van der Waals surface area contributed by atoms with Crippen LogP contribution >= 0.6 is 12.4 Å². The van der Waals surface area contributed by atoms with E-state index in [2.05, 4.69) is 5.32 Å². The van der Waals surface area contributed by atoms with Crippen molar-refractivity contribution in [1.29, 1.82) is 0 Å². The summed E-state index contributed by atoms with van der Waals surface area (Å²) in [5.74, 6) is -0.819. The van der Waals surface area contributed by atoms with Gasteiger partial charge in [0.2, 0.25) is 5.91 Å². The van der Waals surface area contributed by atoms with Crippen LogP contribution < -0.4 is 5.32 Å². The Balaban J connectivity index is 0.00000261. The van der Waals surface area contributed by atoms with E-state index < -0.39 is 29.5 Å². The predicted molar refractivity (Wildman–Crippen MR) is 96.1 cm³/mol. The Kier molecular flexibility index (Phi) is 6.84.